The van der Waals surface area contributed by atoms with E-state index in [-0.39, 0.29) is 0 Å². The quantitative estimate of drug-likeness (QED) is 0.805. The normalized spacial score (nSPS) is 10.4. The molecule has 2 aromatic rings. The minimum atomic E-state index is 0.609. The van der Waals surface area contributed by atoms with E-state index < -0.39 is 0 Å². The van der Waals surface area contributed by atoms with Crippen LogP contribution in [0.5, 0.6) is 5.88 Å². The summed E-state index contributed by atoms with van der Waals surface area (Å²) in [5.74, 6) is 0.630. The van der Waals surface area contributed by atoms with E-state index in [0.717, 1.165) is 22.3 Å². The van der Waals surface area contributed by atoms with E-state index >= 15 is 0 Å². The molecular weight excluding hydrogens is 356 g/mol. The first-order valence-corrected chi connectivity index (χ1v) is 8.04. The highest BCUT2D eigenvalue weighted by Crippen LogP contribution is 2.24. The van der Waals surface area contributed by atoms with Crippen molar-refractivity contribution in [3.05, 3.63) is 52.1 Å². The summed E-state index contributed by atoms with van der Waals surface area (Å²) in [5.41, 5.74) is 2.65. The van der Waals surface area contributed by atoms with Crippen molar-refractivity contribution in [1.29, 1.82) is 5.26 Å². The molecule has 0 radical (unpaired) electrons. The van der Waals surface area contributed by atoms with Crippen molar-refractivity contribution in [3.8, 4) is 11.9 Å². The maximum Gasteiger partial charge on any atom is 0.213 e. The van der Waals surface area contributed by atoms with Crippen LogP contribution in [0, 0.1) is 11.3 Å². The van der Waals surface area contributed by atoms with Crippen LogP contribution in [0.3, 0.4) is 0 Å². The Hall–Kier alpha value is -2.10. The third-order valence-electron chi connectivity index (χ3n) is 3.17. The van der Waals surface area contributed by atoms with Gasteiger partial charge in [-0.3, -0.25) is 0 Å². The van der Waals surface area contributed by atoms with Crippen LogP contribution in [0.25, 0.3) is 0 Å². The van der Waals surface area contributed by atoms with Crippen LogP contribution in [-0.2, 0) is 6.54 Å². The summed E-state index contributed by atoms with van der Waals surface area (Å²) in [6, 6.07) is 11.5. The monoisotopic (exact) mass is 374 g/mol. The van der Waals surface area contributed by atoms with Crippen molar-refractivity contribution in [2.24, 2.45) is 0 Å². The molecule has 23 heavy (non-hydrogen) atoms. The first-order valence-electron chi connectivity index (χ1n) is 7.24. The molecule has 2 rings (SSSR count). The van der Waals surface area contributed by atoms with Gasteiger partial charge in [0.25, 0.3) is 0 Å². The Morgan fingerprint density at radius 1 is 1.30 bits per heavy atom. The van der Waals surface area contributed by atoms with Gasteiger partial charge in [-0.15, -0.1) is 0 Å². The fourth-order valence-electron chi connectivity index (χ4n) is 1.90. The molecular formula is C17H19BrN4O. The van der Waals surface area contributed by atoms with Gasteiger partial charge < -0.3 is 15.0 Å². The Balaban J connectivity index is 1.94. The van der Waals surface area contributed by atoms with Gasteiger partial charge in [0.15, 0.2) is 0 Å². The SMILES string of the molecule is CN(C)CCOc1cc(CNc2ccc(C#N)cc2Br)ccn1. The highest BCUT2D eigenvalue weighted by atomic mass is 79.9. The Morgan fingerprint density at radius 3 is 2.83 bits per heavy atom. The summed E-state index contributed by atoms with van der Waals surface area (Å²) in [6.07, 6.45) is 1.75. The first kappa shape index (κ1) is 17.3. The second kappa shape index (κ2) is 8.51. The Bertz CT molecular complexity index is 697. The van der Waals surface area contributed by atoms with Crippen LogP contribution in [0.4, 0.5) is 5.69 Å². The van der Waals surface area contributed by atoms with E-state index in [1.165, 1.54) is 0 Å². The van der Waals surface area contributed by atoms with Crippen molar-refractivity contribution in [2.75, 3.05) is 32.6 Å². The molecule has 0 amide bonds. The van der Waals surface area contributed by atoms with Crippen LogP contribution in [0.2, 0.25) is 0 Å². The average molecular weight is 375 g/mol. The zero-order valence-corrected chi connectivity index (χ0v) is 14.8. The van der Waals surface area contributed by atoms with Crippen molar-refractivity contribution >= 4 is 21.6 Å². The molecule has 120 valence electrons. The summed E-state index contributed by atoms with van der Waals surface area (Å²) in [6.45, 7) is 2.11. The van der Waals surface area contributed by atoms with E-state index in [9.17, 15) is 0 Å². The van der Waals surface area contributed by atoms with Gasteiger partial charge in [0, 0.05) is 35.5 Å². The fourth-order valence-corrected chi connectivity index (χ4v) is 2.42. The first-order chi connectivity index (χ1) is 11.1. The van der Waals surface area contributed by atoms with Gasteiger partial charge in [0.05, 0.1) is 11.6 Å². The second-order valence-electron chi connectivity index (χ2n) is 5.31. The van der Waals surface area contributed by atoms with Gasteiger partial charge >= 0.3 is 0 Å². The molecule has 1 heterocycles. The van der Waals surface area contributed by atoms with Gasteiger partial charge in [-0.2, -0.15) is 5.26 Å². The van der Waals surface area contributed by atoms with E-state index in [0.29, 0.717) is 24.6 Å². The average Bonchev–Trinajstić information content (AvgIpc) is 2.53. The molecule has 0 bridgehead atoms. The van der Waals surface area contributed by atoms with E-state index in [2.05, 4.69) is 37.2 Å². The lowest BCUT2D eigenvalue weighted by molar-refractivity contribution is 0.253. The Morgan fingerprint density at radius 2 is 2.13 bits per heavy atom. The minimum Gasteiger partial charge on any atom is -0.476 e. The van der Waals surface area contributed by atoms with Gasteiger partial charge in [0.1, 0.15) is 6.61 Å². The number of halogens is 1. The van der Waals surface area contributed by atoms with Crippen molar-refractivity contribution < 1.29 is 4.74 Å². The number of nitriles is 1. The largest absolute Gasteiger partial charge is 0.476 e. The van der Waals surface area contributed by atoms with Crippen LogP contribution in [-0.4, -0.2) is 37.1 Å². The summed E-state index contributed by atoms with van der Waals surface area (Å²) < 4.78 is 6.51. The number of rotatable bonds is 7. The zero-order valence-electron chi connectivity index (χ0n) is 13.2. The number of anilines is 1. The molecule has 0 aliphatic carbocycles. The number of hydrogen-bond acceptors (Lipinski definition) is 5. The van der Waals surface area contributed by atoms with Crippen LogP contribution >= 0.6 is 15.9 Å². The maximum atomic E-state index is 8.88. The highest BCUT2D eigenvalue weighted by molar-refractivity contribution is 9.10. The number of aromatic nitrogens is 1. The number of hydrogen-bond donors (Lipinski definition) is 1. The molecule has 0 aliphatic rings. The van der Waals surface area contributed by atoms with Crippen molar-refractivity contribution in [2.45, 2.75) is 6.54 Å². The van der Waals surface area contributed by atoms with Gasteiger partial charge in [-0.05, 0) is 59.9 Å². The number of pyridine rings is 1. The Labute approximate surface area is 145 Å². The third-order valence-corrected chi connectivity index (χ3v) is 3.82. The standard InChI is InChI=1S/C17H19BrN4O/c1-22(2)7-8-23-17-10-14(5-6-20-17)12-21-16-4-3-13(11-19)9-15(16)18/h3-6,9-10,21H,7-8,12H2,1-2H3. The number of benzene rings is 1. The van der Waals surface area contributed by atoms with Crippen LogP contribution < -0.4 is 10.1 Å². The van der Waals surface area contributed by atoms with Crippen molar-refractivity contribution in [3.63, 3.8) is 0 Å². The second-order valence-corrected chi connectivity index (χ2v) is 6.17. The number of ether oxygens (including phenoxy) is 1. The summed E-state index contributed by atoms with van der Waals surface area (Å²) in [7, 11) is 4.01. The molecule has 5 nitrogen and oxygen atoms in total. The summed E-state index contributed by atoms with van der Waals surface area (Å²) in [4.78, 5) is 6.28. The van der Waals surface area contributed by atoms with E-state index in [4.69, 9.17) is 10.00 Å². The number of nitrogens with zero attached hydrogens (tertiary/aromatic N) is 3. The van der Waals surface area contributed by atoms with E-state index in [1.807, 2.05) is 32.3 Å². The zero-order chi connectivity index (χ0) is 16.7. The number of nitrogens with one attached hydrogen (secondary N) is 1. The molecule has 1 aromatic heterocycles. The van der Waals surface area contributed by atoms with Crippen LogP contribution in [0.15, 0.2) is 41.0 Å². The molecule has 0 unspecified atom stereocenters. The molecule has 1 aromatic carbocycles. The number of likely N-dealkylation sites (N-methyl/N-ethyl adjacent to an activating group) is 1. The van der Waals surface area contributed by atoms with E-state index in [1.54, 1.807) is 18.3 Å². The lowest BCUT2D eigenvalue weighted by atomic mass is 10.2. The fraction of sp³-hybridized carbons (Fsp3) is 0.294. The predicted octanol–water partition coefficient (Wildman–Crippen LogP) is 3.27. The lowest BCUT2D eigenvalue weighted by Crippen LogP contribution is -2.19. The van der Waals surface area contributed by atoms with Crippen molar-refractivity contribution in [1.82, 2.24) is 9.88 Å². The molecule has 0 spiro atoms. The molecule has 0 saturated heterocycles. The predicted molar refractivity (Wildman–Crippen MR) is 94.5 cm³/mol. The molecule has 1 N–H and O–H groups in total. The molecule has 0 atom stereocenters. The summed E-state index contributed by atoms with van der Waals surface area (Å²) >= 11 is 3.47. The smallest absolute Gasteiger partial charge is 0.213 e. The molecule has 0 fully saturated rings. The highest BCUT2D eigenvalue weighted by Gasteiger charge is 2.03. The molecule has 0 aliphatic heterocycles. The lowest BCUT2D eigenvalue weighted by Gasteiger charge is -2.12. The minimum absolute atomic E-state index is 0.609. The molecule has 6 heteroatoms. The third kappa shape index (κ3) is 5.55. The Kier molecular flexibility index (Phi) is 6.39. The van der Waals surface area contributed by atoms with Gasteiger partial charge in [-0.1, -0.05) is 0 Å². The maximum absolute atomic E-state index is 8.88. The molecule has 0 saturated carbocycles. The topological polar surface area (TPSA) is 61.2 Å². The van der Waals surface area contributed by atoms with Crippen LogP contribution in [0.1, 0.15) is 11.1 Å². The summed E-state index contributed by atoms with van der Waals surface area (Å²) in [5, 5.41) is 12.2. The van der Waals surface area contributed by atoms with Gasteiger partial charge in [-0.25, -0.2) is 4.98 Å². The van der Waals surface area contributed by atoms with Gasteiger partial charge in [0.2, 0.25) is 5.88 Å².